The highest BCUT2D eigenvalue weighted by Crippen LogP contribution is 2.32. The number of aryl methyl sites for hydroxylation is 2. The minimum atomic E-state index is -0.505. The van der Waals surface area contributed by atoms with Crippen LogP contribution in [-0.2, 0) is 0 Å². The maximum Gasteiger partial charge on any atom is 0.268 e. The van der Waals surface area contributed by atoms with Crippen LogP contribution in [0.25, 0.3) is 11.0 Å². The molecule has 9 heteroatoms. The monoisotopic (exact) mass is 461 g/mol. The average Bonchev–Trinajstić information content (AvgIpc) is 3.45. The number of amides is 2. The predicted octanol–water partition coefficient (Wildman–Crippen LogP) is 2.95. The van der Waals surface area contributed by atoms with E-state index in [9.17, 15) is 14.7 Å². The summed E-state index contributed by atoms with van der Waals surface area (Å²) in [6.07, 6.45) is 5.22. The van der Waals surface area contributed by atoms with Crippen molar-refractivity contribution < 1.29 is 19.4 Å². The summed E-state index contributed by atoms with van der Waals surface area (Å²) in [5.74, 6) is 0.902. The fraction of sp³-hybridized carbons (Fsp3) is 0.320. The number of ether oxygens (including phenoxy) is 1. The molecule has 1 fully saturated rings. The molecule has 1 saturated heterocycles. The molecule has 0 aliphatic carbocycles. The first kappa shape index (κ1) is 22.0. The minimum Gasteiger partial charge on any atom is -0.455 e. The first-order chi connectivity index (χ1) is 16.3. The zero-order valence-electron chi connectivity index (χ0n) is 19.6. The van der Waals surface area contributed by atoms with Gasteiger partial charge in [-0.25, -0.2) is 4.52 Å². The van der Waals surface area contributed by atoms with Crippen LogP contribution in [0.2, 0.25) is 0 Å². The minimum absolute atomic E-state index is 0.121. The van der Waals surface area contributed by atoms with E-state index in [1.807, 2.05) is 37.3 Å². The predicted molar refractivity (Wildman–Crippen MR) is 127 cm³/mol. The van der Waals surface area contributed by atoms with Crippen molar-refractivity contribution in [3.8, 4) is 11.5 Å². The molecule has 0 unspecified atom stereocenters. The topological polar surface area (TPSA) is 101 Å². The van der Waals surface area contributed by atoms with Crippen molar-refractivity contribution in [3.05, 3.63) is 65.2 Å². The number of rotatable bonds is 4. The molecule has 1 aliphatic heterocycles. The normalized spacial score (nSPS) is 18.1. The number of pyridine rings is 1. The van der Waals surface area contributed by atoms with Gasteiger partial charge in [0.2, 0.25) is 0 Å². The van der Waals surface area contributed by atoms with Gasteiger partial charge in [0.15, 0.2) is 5.75 Å². The van der Waals surface area contributed by atoms with Gasteiger partial charge in [0.25, 0.3) is 11.8 Å². The molecular formula is C25H27N5O4. The Labute approximate surface area is 196 Å². The number of nitrogens with zero attached hydrogens (tertiary/aromatic N) is 4. The maximum atomic E-state index is 13.2. The first-order valence-corrected chi connectivity index (χ1v) is 11.3. The first-order valence-electron chi connectivity index (χ1n) is 11.3. The number of aromatic nitrogens is 3. The summed E-state index contributed by atoms with van der Waals surface area (Å²) in [6, 6.07) is 7.14. The van der Waals surface area contributed by atoms with Crippen molar-refractivity contribution in [1.82, 2.24) is 24.2 Å². The second kappa shape index (κ2) is 8.18. The molecule has 0 spiro atoms. The van der Waals surface area contributed by atoms with Crippen LogP contribution in [0, 0.1) is 13.8 Å². The number of fused-ring (bicyclic) bond motifs is 2. The van der Waals surface area contributed by atoms with Gasteiger partial charge in [-0.05, 0) is 50.5 Å². The molecule has 2 amide bonds. The number of nitrogens with one attached hydrogen (secondary N) is 1. The van der Waals surface area contributed by atoms with Crippen molar-refractivity contribution in [2.75, 3.05) is 13.6 Å². The number of carbonyl (C=O) groups is 2. The molecule has 2 atom stereocenters. The Bertz CT molecular complexity index is 1440. The van der Waals surface area contributed by atoms with Gasteiger partial charge in [-0.2, -0.15) is 5.10 Å². The molecule has 4 aromatic heterocycles. The van der Waals surface area contributed by atoms with E-state index in [2.05, 4.69) is 10.4 Å². The molecule has 0 saturated carbocycles. The summed E-state index contributed by atoms with van der Waals surface area (Å²) in [6.45, 7) is 6.16. The van der Waals surface area contributed by atoms with E-state index in [-0.39, 0.29) is 17.9 Å². The summed E-state index contributed by atoms with van der Waals surface area (Å²) >= 11 is 0. The average molecular weight is 462 g/mol. The third kappa shape index (κ3) is 3.40. The van der Waals surface area contributed by atoms with Crippen molar-refractivity contribution in [3.63, 3.8) is 0 Å². The van der Waals surface area contributed by atoms with Crippen molar-refractivity contribution in [2.45, 2.75) is 39.3 Å². The lowest BCUT2D eigenvalue weighted by Crippen LogP contribution is -2.37. The number of aliphatic hydroxyl groups excluding tert-OH is 1. The van der Waals surface area contributed by atoms with Crippen LogP contribution < -0.4 is 10.1 Å². The molecule has 34 heavy (non-hydrogen) atoms. The Morgan fingerprint density at radius 3 is 2.74 bits per heavy atom. The molecular weight excluding hydrogens is 434 g/mol. The maximum absolute atomic E-state index is 13.2. The Balaban J connectivity index is 1.51. The van der Waals surface area contributed by atoms with E-state index >= 15 is 0 Å². The van der Waals surface area contributed by atoms with E-state index < -0.39 is 6.10 Å². The van der Waals surface area contributed by atoms with Crippen LogP contribution in [0.15, 0.2) is 42.9 Å². The molecule has 0 radical (unpaired) electrons. The van der Waals surface area contributed by atoms with Crippen LogP contribution in [0.3, 0.4) is 0 Å². The molecule has 9 nitrogen and oxygen atoms in total. The third-order valence-electron chi connectivity index (χ3n) is 6.70. The second-order valence-corrected chi connectivity index (χ2v) is 8.77. The zero-order valence-corrected chi connectivity index (χ0v) is 19.6. The Hall–Kier alpha value is -3.85. The summed E-state index contributed by atoms with van der Waals surface area (Å²) in [5, 5.41) is 17.1. The Morgan fingerprint density at radius 1 is 1.24 bits per heavy atom. The molecule has 5 heterocycles. The fourth-order valence-corrected chi connectivity index (χ4v) is 4.78. The molecule has 0 bridgehead atoms. The van der Waals surface area contributed by atoms with Crippen LogP contribution >= 0.6 is 0 Å². The largest absolute Gasteiger partial charge is 0.455 e. The van der Waals surface area contributed by atoms with E-state index in [4.69, 9.17) is 4.74 Å². The lowest BCUT2D eigenvalue weighted by molar-refractivity contribution is 0.0666. The van der Waals surface area contributed by atoms with Crippen molar-refractivity contribution in [2.24, 2.45) is 0 Å². The van der Waals surface area contributed by atoms with Gasteiger partial charge >= 0.3 is 0 Å². The number of carbonyl (C=O) groups excluding carboxylic acids is 2. The van der Waals surface area contributed by atoms with Gasteiger partial charge in [-0.3, -0.25) is 9.59 Å². The Kier molecular flexibility index (Phi) is 5.28. The molecule has 1 aliphatic rings. The summed E-state index contributed by atoms with van der Waals surface area (Å²) in [7, 11) is 1.61. The highest BCUT2D eigenvalue weighted by molar-refractivity contribution is 5.99. The van der Waals surface area contributed by atoms with Crippen LogP contribution in [0.5, 0.6) is 11.5 Å². The lowest BCUT2D eigenvalue weighted by atomic mass is 10.1. The second-order valence-electron chi connectivity index (χ2n) is 8.77. The highest BCUT2D eigenvalue weighted by Gasteiger charge is 2.34. The molecule has 176 valence electrons. The lowest BCUT2D eigenvalue weighted by Gasteiger charge is -2.22. The molecule has 4 aromatic rings. The Morgan fingerprint density at radius 2 is 2.03 bits per heavy atom. The van der Waals surface area contributed by atoms with Crippen LogP contribution in [-0.4, -0.2) is 61.6 Å². The third-order valence-corrected chi connectivity index (χ3v) is 6.70. The van der Waals surface area contributed by atoms with Gasteiger partial charge in [0.1, 0.15) is 17.0 Å². The smallest absolute Gasteiger partial charge is 0.268 e. The van der Waals surface area contributed by atoms with Gasteiger partial charge < -0.3 is 24.5 Å². The van der Waals surface area contributed by atoms with Crippen molar-refractivity contribution >= 4 is 22.8 Å². The van der Waals surface area contributed by atoms with E-state index in [0.717, 1.165) is 16.6 Å². The number of hydrogen-bond acceptors (Lipinski definition) is 5. The summed E-state index contributed by atoms with van der Waals surface area (Å²) in [5.41, 5.74) is 4.30. The highest BCUT2D eigenvalue weighted by atomic mass is 16.5. The quantitative estimate of drug-likeness (QED) is 0.487. The van der Waals surface area contributed by atoms with E-state index in [1.165, 1.54) is 0 Å². The van der Waals surface area contributed by atoms with Gasteiger partial charge in [0.05, 0.1) is 23.9 Å². The van der Waals surface area contributed by atoms with E-state index in [0.29, 0.717) is 41.2 Å². The van der Waals surface area contributed by atoms with Crippen LogP contribution in [0.1, 0.15) is 45.3 Å². The zero-order chi connectivity index (χ0) is 24.1. The number of hydrogen-bond donors (Lipinski definition) is 2. The molecule has 2 N–H and O–H groups in total. The van der Waals surface area contributed by atoms with Gasteiger partial charge in [-0.1, -0.05) is 0 Å². The van der Waals surface area contributed by atoms with E-state index in [1.54, 1.807) is 47.2 Å². The molecule has 0 aromatic carbocycles. The summed E-state index contributed by atoms with van der Waals surface area (Å²) in [4.78, 5) is 27.2. The number of aliphatic hydroxyl groups is 1. The number of likely N-dealkylation sites (tertiary alicyclic amines) is 1. The standard InChI is InChI=1S/C25H27N5O4/c1-14-11-17-12-18(6-9-29(17)22(14)24(32)26-4)34-21-5-8-27-30-13-19(15(2)23(21)30)25(33)28-10-7-20(31)16(28)3/h5-6,8-9,11-13,16,20,31H,7,10H2,1-4H3,(H,26,32)/t16-,20-/m1/s1. The van der Waals surface area contributed by atoms with Gasteiger partial charge in [-0.15, -0.1) is 0 Å². The fourth-order valence-electron chi connectivity index (χ4n) is 4.78. The summed E-state index contributed by atoms with van der Waals surface area (Å²) < 4.78 is 9.71. The van der Waals surface area contributed by atoms with Crippen LogP contribution in [0.4, 0.5) is 0 Å². The van der Waals surface area contributed by atoms with Gasteiger partial charge in [0, 0.05) is 43.6 Å². The van der Waals surface area contributed by atoms with Crippen molar-refractivity contribution in [1.29, 1.82) is 0 Å². The SMILES string of the molecule is CNC(=O)c1c(C)cc2cc(Oc3ccnn4cc(C(=O)N5CC[C@@H](O)[C@H]5C)c(C)c34)ccn12. The molecule has 5 rings (SSSR count).